The van der Waals surface area contributed by atoms with Crippen molar-refractivity contribution in [3.8, 4) is 0 Å². The van der Waals surface area contributed by atoms with Crippen LogP contribution in [0.4, 0.5) is 0 Å². The lowest BCUT2D eigenvalue weighted by Gasteiger charge is -2.57. The largest absolute Gasteiger partial charge is 0.547 e. The van der Waals surface area contributed by atoms with Crippen molar-refractivity contribution in [2.75, 3.05) is 0 Å². The standard InChI is InChI=1S/C25H42O2Si2/c1-24-15-13-19(26-28(3,4)5)17-18(24)9-10-20-21-11-12-23(27-29(6,7)8)25(21,2)16-14-22(20)24/h12-13,17,20-22H,9-11,14-16H2,1-8H3/t20-,21-,22-,24-,25-/m0/s1. The molecule has 0 aromatic heterocycles. The molecule has 0 aromatic rings. The van der Waals surface area contributed by atoms with Crippen molar-refractivity contribution >= 4 is 16.6 Å². The summed E-state index contributed by atoms with van der Waals surface area (Å²) in [5, 5.41) is 0. The van der Waals surface area contributed by atoms with Crippen molar-refractivity contribution < 1.29 is 8.85 Å². The van der Waals surface area contributed by atoms with E-state index in [0.29, 0.717) is 5.41 Å². The lowest BCUT2D eigenvalue weighted by Crippen LogP contribution is -2.50. The topological polar surface area (TPSA) is 18.5 Å². The van der Waals surface area contributed by atoms with Crippen molar-refractivity contribution in [2.45, 2.75) is 91.7 Å². The lowest BCUT2D eigenvalue weighted by atomic mass is 9.48. The molecule has 4 heteroatoms. The van der Waals surface area contributed by atoms with Crippen molar-refractivity contribution in [1.82, 2.24) is 0 Å². The number of fused-ring (bicyclic) bond motifs is 5. The Bertz CT molecular complexity index is 767. The third kappa shape index (κ3) is 3.84. The molecular formula is C25H42O2Si2. The van der Waals surface area contributed by atoms with Crippen LogP contribution in [0.2, 0.25) is 39.3 Å². The Morgan fingerprint density at radius 3 is 2.21 bits per heavy atom. The molecule has 0 heterocycles. The Balaban J connectivity index is 1.55. The molecule has 29 heavy (non-hydrogen) atoms. The molecule has 0 saturated heterocycles. The maximum atomic E-state index is 6.61. The first-order valence-electron chi connectivity index (χ1n) is 11.8. The monoisotopic (exact) mass is 430 g/mol. The van der Waals surface area contributed by atoms with Gasteiger partial charge in [0, 0.05) is 5.41 Å². The maximum Gasteiger partial charge on any atom is 0.242 e. The molecule has 4 aliphatic rings. The summed E-state index contributed by atoms with van der Waals surface area (Å²) in [6, 6.07) is 0. The molecule has 2 fully saturated rings. The first-order chi connectivity index (χ1) is 13.3. The van der Waals surface area contributed by atoms with E-state index in [1.54, 1.807) is 5.57 Å². The Labute approximate surface area is 181 Å². The molecule has 2 nitrogen and oxygen atoms in total. The van der Waals surface area contributed by atoms with Gasteiger partial charge in [-0.1, -0.05) is 19.4 Å². The minimum atomic E-state index is -1.56. The SMILES string of the molecule is C[C@]12CC=C(O[Si](C)(C)C)C=C1CC[C@@H]1[C@@H]2CC[C@]2(C)C(O[Si](C)(C)C)=CC[C@@H]12. The summed E-state index contributed by atoms with van der Waals surface area (Å²) in [5.41, 5.74) is 2.27. The van der Waals surface area contributed by atoms with Gasteiger partial charge in [0.1, 0.15) is 0 Å². The zero-order valence-electron chi connectivity index (χ0n) is 20.0. The Kier molecular flexibility index (Phi) is 5.10. The Morgan fingerprint density at radius 1 is 0.862 bits per heavy atom. The van der Waals surface area contributed by atoms with Gasteiger partial charge >= 0.3 is 0 Å². The van der Waals surface area contributed by atoms with E-state index < -0.39 is 16.6 Å². The summed E-state index contributed by atoms with van der Waals surface area (Å²) in [5.74, 6) is 4.92. The van der Waals surface area contributed by atoms with Crippen molar-refractivity contribution in [3.63, 3.8) is 0 Å². The van der Waals surface area contributed by atoms with Crippen LogP contribution in [0.5, 0.6) is 0 Å². The van der Waals surface area contributed by atoms with Gasteiger partial charge in [0.05, 0.1) is 11.5 Å². The molecule has 5 atom stereocenters. The van der Waals surface area contributed by atoms with Gasteiger partial charge in [-0.3, -0.25) is 0 Å². The predicted molar refractivity (Wildman–Crippen MR) is 127 cm³/mol. The van der Waals surface area contributed by atoms with Gasteiger partial charge in [-0.15, -0.1) is 0 Å². The zero-order chi connectivity index (χ0) is 21.2. The van der Waals surface area contributed by atoms with E-state index in [2.05, 4.69) is 71.4 Å². The Morgan fingerprint density at radius 2 is 1.55 bits per heavy atom. The molecule has 4 rings (SSSR count). The average Bonchev–Trinajstić information content (AvgIpc) is 2.89. The summed E-state index contributed by atoms with van der Waals surface area (Å²) >= 11 is 0. The fourth-order valence-electron chi connectivity index (χ4n) is 6.83. The van der Waals surface area contributed by atoms with E-state index in [4.69, 9.17) is 8.85 Å². The highest BCUT2D eigenvalue weighted by atomic mass is 28.4. The van der Waals surface area contributed by atoms with Crippen LogP contribution in [0.1, 0.15) is 52.4 Å². The van der Waals surface area contributed by atoms with E-state index in [1.807, 2.05) is 0 Å². The quantitative estimate of drug-likeness (QED) is 0.427. The summed E-state index contributed by atoms with van der Waals surface area (Å²) in [4.78, 5) is 0. The van der Waals surface area contributed by atoms with Crippen LogP contribution in [-0.4, -0.2) is 16.6 Å². The summed E-state index contributed by atoms with van der Waals surface area (Å²) in [6.45, 7) is 18.9. The van der Waals surface area contributed by atoms with Crippen LogP contribution in [0.15, 0.2) is 35.3 Å². The lowest BCUT2D eigenvalue weighted by molar-refractivity contribution is -0.0331. The van der Waals surface area contributed by atoms with E-state index in [-0.39, 0.29) is 5.41 Å². The van der Waals surface area contributed by atoms with E-state index in [9.17, 15) is 0 Å². The van der Waals surface area contributed by atoms with Crippen LogP contribution in [-0.2, 0) is 8.85 Å². The summed E-state index contributed by atoms with van der Waals surface area (Å²) < 4.78 is 13.0. The molecule has 162 valence electrons. The molecule has 0 N–H and O–H groups in total. The third-order valence-electron chi connectivity index (χ3n) is 8.13. The highest BCUT2D eigenvalue weighted by Gasteiger charge is 2.57. The van der Waals surface area contributed by atoms with E-state index in [0.717, 1.165) is 29.9 Å². The van der Waals surface area contributed by atoms with Crippen LogP contribution >= 0.6 is 0 Å². The number of hydrogen-bond acceptors (Lipinski definition) is 2. The molecular weight excluding hydrogens is 388 g/mol. The van der Waals surface area contributed by atoms with Crippen LogP contribution in [0, 0.1) is 28.6 Å². The second-order valence-electron chi connectivity index (χ2n) is 12.5. The number of rotatable bonds is 4. The van der Waals surface area contributed by atoms with Gasteiger partial charge in [-0.05, 0) is 119 Å². The van der Waals surface area contributed by atoms with E-state index in [1.165, 1.54) is 37.9 Å². The minimum Gasteiger partial charge on any atom is -0.547 e. The smallest absolute Gasteiger partial charge is 0.242 e. The summed E-state index contributed by atoms with van der Waals surface area (Å²) in [6.07, 6.45) is 14.9. The molecule has 0 aliphatic heterocycles. The van der Waals surface area contributed by atoms with Crippen LogP contribution in [0.3, 0.4) is 0 Å². The Hall–Kier alpha value is -0.746. The normalized spacial score (nSPS) is 39.4. The molecule has 0 unspecified atom stereocenters. The molecule has 0 spiro atoms. The number of allylic oxidation sites excluding steroid dienone is 5. The first kappa shape index (κ1) is 21.5. The van der Waals surface area contributed by atoms with Crippen molar-refractivity contribution in [3.05, 3.63) is 35.3 Å². The molecule has 0 radical (unpaired) electrons. The van der Waals surface area contributed by atoms with Gasteiger partial charge in [-0.2, -0.15) is 0 Å². The first-order valence-corrected chi connectivity index (χ1v) is 18.6. The van der Waals surface area contributed by atoms with Crippen molar-refractivity contribution in [2.24, 2.45) is 28.6 Å². The zero-order valence-corrected chi connectivity index (χ0v) is 22.0. The van der Waals surface area contributed by atoms with Gasteiger partial charge < -0.3 is 8.85 Å². The van der Waals surface area contributed by atoms with Crippen LogP contribution < -0.4 is 0 Å². The fraction of sp³-hybridized carbons (Fsp3) is 0.760. The van der Waals surface area contributed by atoms with Gasteiger partial charge in [0.2, 0.25) is 16.6 Å². The molecule has 0 aromatic carbocycles. The van der Waals surface area contributed by atoms with E-state index >= 15 is 0 Å². The minimum absolute atomic E-state index is 0.273. The van der Waals surface area contributed by atoms with Crippen molar-refractivity contribution in [1.29, 1.82) is 0 Å². The average molecular weight is 431 g/mol. The molecule has 4 aliphatic carbocycles. The predicted octanol–water partition coefficient (Wildman–Crippen LogP) is 7.64. The summed E-state index contributed by atoms with van der Waals surface area (Å²) in [7, 11) is -3.10. The third-order valence-corrected chi connectivity index (χ3v) is 9.81. The molecule has 0 bridgehead atoms. The van der Waals surface area contributed by atoms with Crippen LogP contribution in [0.25, 0.3) is 0 Å². The molecule has 0 amide bonds. The highest BCUT2D eigenvalue weighted by Crippen LogP contribution is 2.65. The van der Waals surface area contributed by atoms with Gasteiger partial charge in [0.25, 0.3) is 0 Å². The molecule has 2 saturated carbocycles. The fourth-order valence-corrected chi connectivity index (χ4v) is 8.66. The van der Waals surface area contributed by atoms with Gasteiger partial charge in [0.15, 0.2) is 0 Å². The second kappa shape index (κ2) is 6.88. The second-order valence-corrected chi connectivity index (χ2v) is 21.4. The number of hydrogen-bond donors (Lipinski definition) is 0. The van der Waals surface area contributed by atoms with Gasteiger partial charge in [-0.25, -0.2) is 0 Å². The maximum absolute atomic E-state index is 6.61. The highest BCUT2D eigenvalue weighted by molar-refractivity contribution is 6.70.